The molecule has 1 heterocycles. The van der Waals surface area contributed by atoms with Gasteiger partial charge in [0.2, 0.25) is 0 Å². The molecule has 1 aliphatic rings. The lowest BCUT2D eigenvalue weighted by atomic mass is 10.1. The Labute approximate surface area is 113 Å². The molecular weight excluding hydrogens is 224 g/mol. The van der Waals surface area contributed by atoms with Crippen molar-refractivity contribution >= 4 is 0 Å². The average Bonchev–Trinajstić information content (AvgIpc) is 2.34. The highest BCUT2D eigenvalue weighted by atomic mass is 16.5. The van der Waals surface area contributed by atoms with E-state index in [1.54, 1.807) is 0 Å². The molecule has 3 nitrogen and oxygen atoms in total. The Morgan fingerprint density at radius 2 is 2.11 bits per heavy atom. The molecule has 0 aliphatic carbocycles. The van der Waals surface area contributed by atoms with Gasteiger partial charge in [0.25, 0.3) is 0 Å². The molecule has 0 aromatic heterocycles. The Morgan fingerprint density at radius 1 is 1.28 bits per heavy atom. The van der Waals surface area contributed by atoms with Crippen molar-refractivity contribution in [3.63, 3.8) is 0 Å². The first kappa shape index (κ1) is 15.9. The summed E-state index contributed by atoms with van der Waals surface area (Å²) in [5.41, 5.74) is 0. The van der Waals surface area contributed by atoms with Crippen LogP contribution in [-0.4, -0.2) is 49.8 Å². The minimum Gasteiger partial charge on any atom is -0.377 e. The standard InChI is InChI=1S/C15H32N2O/c1-4-18-15-9-8-12-17(13-15)11-7-5-6-10-16-14(2)3/h14-16H,4-13H2,1-3H3. The normalized spacial score (nSPS) is 21.7. The van der Waals surface area contributed by atoms with E-state index in [0.29, 0.717) is 12.1 Å². The molecule has 0 saturated carbocycles. The van der Waals surface area contributed by atoms with Crippen molar-refractivity contribution in [3.8, 4) is 0 Å². The molecule has 108 valence electrons. The molecule has 1 fully saturated rings. The third-order valence-electron chi connectivity index (χ3n) is 3.57. The van der Waals surface area contributed by atoms with Gasteiger partial charge in [0.15, 0.2) is 0 Å². The number of unbranched alkanes of at least 4 members (excludes halogenated alkanes) is 2. The van der Waals surface area contributed by atoms with E-state index in [2.05, 4.69) is 31.0 Å². The van der Waals surface area contributed by atoms with Gasteiger partial charge in [-0.2, -0.15) is 0 Å². The Kier molecular flexibility index (Phi) is 8.64. The molecule has 0 bridgehead atoms. The van der Waals surface area contributed by atoms with Crippen LogP contribution in [0.3, 0.4) is 0 Å². The predicted molar refractivity (Wildman–Crippen MR) is 78.1 cm³/mol. The summed E-state index contributed by atoms with van der Waals surface area (Å²) in [6.07, 6.45) is 7.03. The van der Waals surface area contributed by atoms with Gasteiger partial charge in [-0.05, 0) is 52.2 Å². The molecule has 3 heteroatoms. The maximum Gasteiger partial charge on any atom is 0.0702 e. The summed E-state index contributed by atoms with van der Waals surface area (Å²) in [7, 11) is 0. The molecule has 0 spiro atoms. The van der Waals surface area contributed by atoms with Gasteiger partial charge < -0.3 is 15.0 Å². The SMILES string of the molecule is CCOC1CCCN(CCCCCNC(C)C)C1. The van der Waals surface area contributed by atoms with E-state index in [1.807, 2.05) is 0 Å². The van der Waals surface area contributed by atoms with Gasteiger partial charge in [0.05, 0.1) is 6.10 Å². The molecule has 1 unspecified atom stereocenters. The minimum absolute atomic E-state index is 0.492. The average molecular weight is 256 g/mol. The Bertz CT molecular complexity index is 195. The summed E-state index contributed by atoms with van der Waals surface area (Å²) >= 11 is 0. The van der Waals surface area contributed by atoms with Crippen molar-refractivity contribution < 1.29 is 4.74 Å². The summed E-state index contributed by atoms with van der Waals surface area (Å²) in [6.45, 7) is 12.2. The maximum absolute atomic E-state index is 5.73. The molecule has 1 saturated heterocycles. The second-order valence-corrected chi connectivity index (χ2v) is 5.69. The Balaban J connectivity index is 1.98. The number of ether oxygens (including phenoxy) is 1. The van der Waals surface area contributed by atoms with Crippen LogP contribution in [0.5, 0.6) is 0 Å². The fraction of sp³-hybridized carbons (Fsp3) is 1.00. The Morgan fingerprint density at radius 3 is 2.83 bits per heavy atom. The second-order valence-electron chi connectivity index (χ2n) is 5.69. The monoisotopic (exact) mass is 256 g/mol. The quantitative estimate of drug-likeness (QED) is 0.642. The molecule has 0 amide bonds. The number of rotatable bonds is 9. The zero-order chi connectivity index (χ0) is 13.2. The predicted octanol–water partition coefficient (Wildman–Crippen LogP) is 2.66. The summed E-state index contributed by atoms with van der Waals surface area (Å²) in [5.74, 6) is 0. The van der Waals surface area contributed by atoms with E-state index >= 15 is 0 Å². The van der Waals surface area contributed by atoms with Gasteiger partial charge in [-0.3, -0.25) is 0 Å². The topological polar surface area (TPSA) is 24.5 Å². The molecule has 1 N–H and O–H groups in total. The number of hydrogen-bond acceptors (Lipinski definition) is 3. The summed E-state index contributed by atoms with van der Waals surface area (Å²) in [6, 6.07) is 0.624. The summed E-state index contributed by atoms with van der Waals surface area (Å²) < 4.78 is 5.73. The van der Waals surface area contributed by atoms with Crippen molar-refractivity contribution in [3.05, 3.63) is 0 Å². The van der Waals surface area contributed by atoms with Crippen molar-refractivity contribution in [1.82, 2.24) is 10.2 Å². The number of nitrogens with zero attached hydrogens (tertiary/aromatic N) is 1. The van der Waals surface area contributed by atoms with Crippen molar-refractivity contribution in [2.24, 2.45) is 0 Å². The number of likely N-dealkylation sites (tertiary alicyclic amines) is 1. The third kappa shape index (κ3) is 7.34. The maximum atomic E-state index is 5.73. The first-order valence-electron chi connectivity index (χ1n) is 7.79. The molecule has 0 aromatic rings. The molecule has 0 radical (unpaired) electrons. The highest BCUT2D eigenvalue weighted by molar-refractivity contribution is 4.73. The zero-order valence-electron chi connectivity index (χ0n) is 12.6. The van der Waals surface area contributed by atoms with Gasteiger partial charge in [0.1, 0.15) is 0 Å². The summed E-state index contributed by atoms with van der Waals surface area (Å²) in [5, 5.41) is 3.47. The van der Waals surface area contributed by atoms with E-state index in [-0.39, 0.29) is 0 Å². The molecule has 18 heavy (non-hydrogen) atoms. The van der Waals surface area contributed by atoms with Crippen molar-refractivity contribution in [1.29, 1.82) is 0 Å². The van der Waals surface area contributed by atoms with Crippen LogP contribution in [0, 0.1) is 0 Å². The number of piperidine rings is 1. The molecular formula is C15H32N2O. The third-order valence-corrected chi connectivity index (χ3v) is 3.57. The Hall–Kier alpha value is -0.120. The van der Waals surface area contributed by atoms with Crippen LogP contribution in [0.15, 0.2) is 0 Å². The van der Waals surface area contributed by atoms with E-state index in [9.17, 15) is 0 Å². The number of hydrogen-bond donors (Lipinski definition) is 1. The lowest BCUT2D eigenvalue weighted by Crippen LogP contribution is -2.40. The highest BCUT2D eigenvalue weighted by Crippen LogP contribution is 2.13. The molecule has 1 rings (SSSR count). The van der Waals surface area contributed by atoms with Crippen LogP contribution in [0.1, 0.15) is 52.9 Å². The first-order chi connectivity index (χ1) is 8.72. The second kappa shape index (κ2) is 9.76. The first-order valence-corrected chi connectivity index (χ1v) is 7.79. The van der Waals surface area contributed by atoms with E-state index in [0.717, 1.165) is 13.2 Å². The van der Waals surface area contributed by atoms with Gasteiger partial charge in [-0.15, -0.1) is 0 Å². The lowest BCUT2D eigenvalue weighted by molar-refractivity contribution is 0.00559. The molecule has 0 aromatic carbocycles. The lowest BCUT2D eigenvalue weighted by Gasteiger charge is -2.32. The van der Waals surface area contributed by atoms with Crippen LogP contribution in [0.4, 0.5) is 0 Å². The van der Waals surface area contributed by atoms with Crippen molar-refractivity contribution in [2.45, 2.75) is 65.0 Å². The van der Waals surface area contributed by atoms with Crippen LogP contribution in [0.2, 0.25) is 0 Å². The van der Waals surface area contributed by atoms with Gasteiger partial charge >= 0.3 is 0 Å². The smallest absolute Gasteiger partial charge is 0.0702 e. The molecule has 1 aliphatic heterocycles. The van der Waals surface area contributed by atoms with Gasteiger partial charge in [0, 0.05) is 19.2 Å². The fourth-order valence-corrected chi connectivity index (χ4v) is 2.62. The van der Waals surface area contributed by atoms with Gasteiger partial charge in [-0.1, -0.05) is 20.3 Å². The van der Waals surface area contributed by atoms with E-state index in [1.165, 1.54) is 51.7 Å². The van der Waals surface area contributed by atoms with E-state index in [4.69, 9.17) is 4.74 Å². The molecule has 1 atom stereocenters. The largest absolute Gasteiger partial charge is 0.377 e. The van der Waals surface area contributed by atoms with E-state index < -0.39 is 0 Å². The van der Waals surface area contributed by atoms with Crippen LogP contribution in [-0.2, 0) is 4.74 Å². The van der Waals surface area contributed by atoms with Crippen LogP contribution in [0.25, 0.3) is 0 Å². The zero-order valence-corrected chi connectivity index (χ0v) is 12.6. The fourth-order valence-electron chi connectivity index (χ4n) is 2.62. The summed E-state index contributed by atoms with van der Waals surface area (Å²) in [4.78, 5) is 2.58. The minimum atomic E-state index is 0.492. The van der Waals surface area contributed by atoms with Crippen LogP contribution < -0.4 is 5.32 Å². The number of nitrogens with one attached hydrogen (secondary N) is 1. The van der Waals surface area contributed by atoms with Gasteiger partial charge in [-0.25, -0.2) is 0 Å². The van der Waals surface area contributed by atoms with Crippen molar-refractivity contribution in [2.75, 3.05) is 32.8 Å². The highest BCUT2D eigenvalue weighted by Gasteiger charge is 2.19. The van der Waals surface area contributed by atoms with Crippen LogP contribution >= 0.6 is 0 Å².